The summed E-state index contributed by atoms with van der Waals surface area (Å²) < 4.78 is 5.34. The number of fused-ring (bicyclic) bond motifs is 1. The van der Waals surface area contributed by atoms with Gasteiger partial charge < -0.3 is 14.6 Å². The zero-order chi connectivity index (χ0) is 12.4. The van der Waals surface area contributed by atoms with Crippen LogP contribution in [0.4, 0.5) is 0 Å². The molecular weight excluding hydrogens is 238 g/mol. The van der Waals surface area contributed by atoms with E-state index in [1.807, 2.05) is 0 Å². The van der Waals surface area contributed by atoms with Gasteiger partial charge in [-0.2, -0.15) is 12.6 Å². The lowest BCUT2D eigenvalue weighted by atomic mass is 10.0. The Morgan fingerprint density at radius 1 is 1.41 bits per heavy atom. The molecule has 0 saturated heterocycles. The van der Waals surface area contributed by atoms with Gasteiger partial charge in [-0.15, -0.1) is 0 Å². The minimum Gasteiger partial charge on any atom is -0.441 e. The highest BCUT2D eigenvalue weighted by atomic mass is 32.1. The topological polar surface area (TPSA) is 66.5 Å². The van der Waals surface area contributed by atoms with Crippen molar-refractivity contribution in [2.24, 2.45) is 0 Å². The molecule has 2 N–H and O–H groups in total. The minimum absolute atomic E-state index is 0.445. The van der Waals surface area contributed by atoms with Gasteiger partial charge in [0.15, 0.2) is 11.5 Å². The summed E-state index contributed by atoms with van der Waals surface area (Å²) in [5.41, 5.74) is 2.01. The van der Waals surface area contributed by atoms with Gasteiger partial charge in [0.1, 0.15) is 11.6 Å². The summed E-state index contributed by atoms with van der Waals surface area (Å²) in [5.74, 6) is 1.12. The first kappa shape index (κ1) is 12.4. The Hall–Kier alpha value is -1.04. The predicted molar refractivity (Wildman–Crippen MR) is 68.2 cm³/mol. The maximum atomic E-state index is 9.94. The third-order valence-corrected chi connectivity index (χ3v) is 2.91. The molecule has 5 heteroatoms. The Balaban J connectivity index is 2.28. The van der Waals surface area contributed by atoms with Gasteiger partial charge in [0.05, 0.1) is 6.10 Å². The molecule has 0 aliphatic rings. The first-order chi connectivity index (χ1) is 8.11. The van der Waals surface area contributed by atoms with E-state index >= 15 is 0 Å². The number of benzene rings is 1. The number of aromatic nitrogens is 1. The lowest BCUT2D eigenvalue weighted by molar-refractivity contribution is 0.0173. The van der Waals surface area contributed by atoms with Crippen molar-refractivity contribution in [3.63, 3.8) is 0 Å². The molecule has 1 aromatic heterocycles. The first-order valence-corrected chi connectivity index (χ1v) is 6.09. The number of rotatable bonds is 4. The van der Waals surface area contributed by atoms with Crippen molar-refractivity contribution in [1.29, 1.82) is 0 Å². The van der Waals surface area contributed by atoms with Crippen LogP contribution in [0.1, 0.15) is 24.0 Å². The Labute approximate surface area is 105 Å². The fourth-order valence-corrected chi connectivity index (χ4v) is 2.02. The van der Waals surface area contributed by atoms with Crippen molar-refractivity contribution >= 4 is 23.7 Å². The van der Waals surface area contributed by atoms with Gasteiger partial charge in [0, 0.05) is 6.92 Å². The number of aliphatic hydroxyl groups is 2. The minimum atomic E-state index is -0.913. The van der Waals surface area contributed by atoms with Crippen LogP contribution < -0.4 is 0 Å². The van der Waals surface area contributed by atoms with Crippen LogP contribution in [0.5, 0.6) is 0 Å². The standard InChI is InChI=1S/C12H15NO3S/c1-7-13-9-6-8(2-3-11(9)16-7)12(15)10(14)4-5-17/h2-3,6,10,12,14-15,17H,4-5H2,1H3. The lowest BCUT2D eigenvalue weighted by Gasteiger charge is -2.16. The molecule has 0 bridgehead atoms. The molecule has 2 atom stereocenters. The van der Waals surface area contributed by atoms with Gasteiger partial charge in [-0.25, -0.2) is 4.98 Å². The van der Waals surface area contributed by atoms with Crippen LogP contribution >= 0.6 is 12.6 Å². The molecule has 0 radical (unpaired) electrons. The number of hydrogen-bond donors (Lipinski definition) is 3. The number of nitrogens with zero attached hydrogens (tertiary/aromatic N) is 1. The summed E-state index contributed by atoms with van der Waals surface area (Å²) in [6, 6.07) is 5.22. The first-order valence-electron chi connectivity index (χ1n) is 5.46. The number of aryl methyl sites for hydroxylation is 1. The molecule has 17 heavy (non-hydrogen) atoms. The van der Waals surface area contributed by atoms with Crippen LogP contribution in [-0.2, 0) is 0 Å². The van der Waals surface area contributed by atoms with Crippen molar-refractivity contribution in [3.05, 3.63) is 29.7 Å². The summed E-state index contributed by atoms with van der Waals surface area (Å²) in [6.45, 7) is 1.77. The highest BCUT2D eigenvalue weighted by molar-refractivity contribution is 7.80. The molecule has 0 aliphatic heterocycles. The molecule has 0 saturated carbocycles. The predicted octanol–water partition coefficient (Wildman–Crippen LogP) is 1.85. The van der Waals surface area contributed by atoms with Crippen molar-refractivity contribution in [2.75, 3.05) is 5.75 Å². The highest BCUT2D eigenvalue weighted by Crippen LogP contribution is 2.24. The van der Waals surface area contributed by atoms with Gasteiger partial charge >= 0.3 is 0 Å². The third kappa shape index (κ3) is 2.62. The summed E-state index contributed by atoms with van der Waals surface area (Å²) in [4.78, 5) is 4.19. The van der Waals surface area contributed by atoms with Crippen LogP contribution in [-0.4, -0.2) is 27.1 Å². The quantitative estimate of drug-likeness (QED) is 0.727. The zero-order valence-corrected chi connectivity index (χ0v) is 10.4. The van der Waals surface area contributed by atoms with Gasteiger partial charge in [-0.05, 0) is 29.9 Å². The fraction of sp³-hybridized carbons (Fsp3) is 0.417. The van der Waals surface area contributed by atoms with E-state index in [-0.39, 0.29) is 0 Å². The average Bonchev–Trinajstić information content (AvgIpc) is 2.67. The van der Waals surface area contributed by atoms with Gasteiger partial charge in [0.2, 0.25) is 0 Å². The second-order valence-electron chi connectivity index (χ2n) is 3.98. The summed E-state index contributed by atoms with van der Waals surface area (Å²) in [6.07, 6.45) is -1.28. The Morgan fingerprint density at radius 2 is 2.18 bits per heavy atom. The molecule has 4 nitrogen and oxygen atoms in total. The van der Waals surface area contributed by atoms with Gasteiger partial charge in [-0.1, -0.05) is 6.07 Å². The third-order valence-electron chi connectivity index (χ3n) is 2.65. The fourth-order valence-electron chi connectivity index (χ4n) is 1.76. The average molecular weight is 253 g/mol. The van der Waals surface area contributed by atoms with Gasteiger partial charge in [0.25, 0.3) is 0 Å². The molecule has 0 fully saturated rings. The Morgan fingerprint density at radius 3 is 2.88 bits per heavy atom. The largest absolute Gasteiger partial charge is 0.441 e. The van der Waals surface area contributed by atoms with Crippen molar-refractivity contribution in [2.45, 2.75) is 25.6 Å². The van der Waals surface area contributed by atoms with Gasteiger partial charge in [-0.3, -0.25) is 0 Å². The van der Waals surface area contributed by atoms with E-state index in [0.29, 0.717) is 34.7 Å². The molecule has 92 valence electrons. The van der Waals surface area contributed by atoms with E-state index < -0.39 is 12.2 Å². The smallest absolute Gasteiger partial charge is 0.192 e. The zero-order valence-electron chi connectivity index (χ0n) is 9.50. The molecular formula is C12H15NO3S. The van der Waals surface area contributed by atoms with Crippen LogP contribution in [0.3, 0.4) is 0 Å². The van der Waals surface area contributed by atoms with E-state index in [9.17, 15) is 10.2 Å². The van der Waals surface area contributed by atoms with E-state index in [2.05, 4.69) is 17.6 Å². The van der Waals surface area contributed by atoms with Crippen LogP contribution in [0.15, 0.2) is 22.6 Å². The Kier molecular flexibility index (Phi) is 3.71. The normalized spacial score (nSPS) is 15.1. The summed E-state index contributed by atoms with van der Waals surface area (Å²) in [5, 5.41) is 19.6. The van der Waals surface area contributed by atoms with Crippen LogP contribution in [0.2, 0.25) is 0 Å². The number of hydrogen-bond acceptors (Lipinski definition) is 5. The van der Waals surface area contributed by atoms with Crippen molar-refractivity contribution in [3.8, 4) is 0 Å². The second kappa shape index (κ2) is 5.08. The molecule has 1 aromatic carbocycles. The SMILES string of the molecule is Cc1nc2cc(C(O)C(O)CCS)ccc2o1. The van der Waals surface area contributed by atoms with Crippen LogP contribution in [0, 0.1) is 6.92 Å². The summed E-state index contributed by atoms with van der Waals surface area (Å²) >= 11 is 4.03. The maximum Gasteiger partial charge on any atom is 0.192 e. The second-order valence-corrected chi connectivity index (χ2v) is 4.43. The molecule has 1 heterocycles. The number of oxazole rings is 1. The number of thiol groups is 1. The van der Waals surface area contributed by atoms with E-state index in [1.165, 1.54) is 0 Å². The highest BCUT2D eigenvalue weighted by Gasteiger charge is 2.18. The lowest BCUT2D eigenvalue weighted by Crippen LogP contribution is -2.18. The molecule has 0 amide bonds. The van der Waals surface area contributed by atoms with Crippen molar-refractivity contribution in [1.82, 2.24) is 4.98 Å². The summed E-state index contributed by atoms with van der Waals surface area (Å²) in [7, 11) is 0. The monoisotopic (exact) mass is 253 g/mol. The molecule has 2 rings (SSSR count). The van der Waals surface area contributed by atoms with E-state index in [0.717, 1.165) is 0 Å². The van der Waals surface area contributed by atoms with E-state index in [4.69, 9.17) is 4.42 Å². The Bertz CT molecular complexity index is 511. The van der Waals surface area contributed by atoms with Crippen molar-refractivity contribution < 1.29 is 14.6 Å². The molecule has 2 unspecified atom stereocenters. The maximum absolute atomic E-state index is 9.94. The molecule has 0 spiro atoms. The van der Waals surface area contributed by atoms with Crippen LogP contribution in [0.25, 0.3) is 11.1 Å². The van der Waals surface area contributed by atoms with E-state index in [1.54, 1.807) is 25.1 Å². The number of aliphatic hydroxyl groups excluding tert-OH is 2. The molecule has 2 aromatic rings. The molecule has 0 aliphatic carbocycles.